The van der Waals surface area contributed by atoms with Crippen LogP contribution in [0.15, 0.2) is 16.6 Å². The molecule has 0 amide bonds. The van der Waals surface area contributed by atoms with Crippen LogP contribution in [0.3, 0.4) is 0 Å². The van der Waals surface area contributed by atoms with E-state index in [0.29, 0.717) is 10.0 Å². The number of nitrogens with one attached hydrogen (secondary N) is 1. The first-order valence-electron chi connectivity index (χ1n) is 5.36. The smallest absolute Gasteiger partial charge is 0.147 e. The molecule has 1 rings (SSSR count). The maximum Gasteiger partial charge on any atom is 0.147 e. The van der Waals surface area contributed by atoms with Gasteiger partial charge < -0.3 is 0 Å². The summed E-state index contributed by atoms with van der Waals surface area (Å²) < 4.78 is 14.6. The molecule has 1 aromatic rings. The second-order valence-electron chi connectivity index (χ2n) is 5.25. The number of halogens is 3. The van der Waals surface area contributed by atoms with E-state index in [4.69, 9.17) is 17.4 Å². The Balaban J connectivity index is 3.09. The molecule has 17 heavy (non-hydrogen) atoms. The van der Waals surface area contributed by atoms with Crippen molar-refractivity contribution in [2.75, 3.05) is 0 Å². The monoisotopic (exact) mass is 322 g/mol. The summed E-state index contributed by atoms with van der Waals surface area (Å²) >= 11 is 9.05. The van der Waals surface area contributed by atoms with Gasteiger partial charge in [0.05, 0.1) is 5.02 Å². The van der Waals surface area contributed by atoms with Crippen molar-refractivity contribution in [3.8, 4) is 0 Å². The van der Waals surface area contributed by atoms with E-state index < -0.39 is 5.82 Å². The molecular formula is C12H17BrClFN2. The van der Waals surface area contributed by atoms with Crippen LogP contribution in [0, 0.1) is 11.2 Å². The largest absolute Gasteiger partial charge is 0.271 e. The van der Waals surface area contributed by atoms with Crippen LogP contribution in [0.2, 0.25) is 5.02 Å². The highest BCUT2D eigenvalue weighted by molar-refractivity contribution is 9.10. The van der Waals surface area contributed by atoms with E-state index in [2.05, 4.69) is 42.1 Å². The maximum absolute atomic E-state index is 14.0. The van der Waals surface area contributed by atoms with Gasteiger partial charge in [0.25, 0.3) is 0 Å². The van der Waals surface area contributed by atoms with Gasteiger partial charge in [0, 0.05) is 16.1 Å². The van der Waals surface area contributed by atoms with Gasteiger partial charge in [0.2, 0.25) is 0 Å². The van der Waals surface area contributed by atoms with Gasteiger partial charge in [-0.2, -0.15) is 0 Å². The lowest BCUT2D eigenvalue weighted by Crippen LogP contribution is -2.31. The SMILES string of the molecule is CC(C)(C)CC(NN)c1ccc(Br)c(Cl)c1F. The zero-order valence-corrected chi connectivity index (χ0v) is 12.5. The van der Waals surface area contributed by atoms with Crippen molar-refractivity contribution in [2.45, 2.75) is 33.2 Å². The summed E-state index contributed by atoms with van der Waals surface area (Å²) in [7, 11) is 0. The van der Waals surface area contributed by atoms with Gasteiger partial charge in [0.15, 0.2) is 0 Å². The molecule has 96 valence electrons. The zero-order valence-electron chi connectivity index (χ0n) is 10.2. The first-order valence-corrected chi connectivity index (χ1v) is 6.53. The molecule has 0 fully saturated rings. The van der Waals surface area contributed by atoms with Crippen molar-refractivity contribution in [1.29, 1.82) is 0 Å². The summed E-state index contributed by atoms with van der Waals surface area (Å²) in [5, 5.41) is 0.0941. The van der Waals surface area contributed by atoms with Gasteiger partial charge in [-0.15, -0.1) is 0 Å². The number of rotatable bonds is 3. The minimum absolute atomic E-state index is 0.0447. The molecule has 0 heterocycles. The van der Waals surface area contributed by atoms with E-state index in [1.807, 2.05) is 0 Å². The van der Waals surface area contributed by atoms with Crippen LogP contribution in [0.25, 0.3) is 0 Å². The van der Waals surface area contributed by atoms with Crippen LogP contribution in [0.1, 0.15) is 38.8 Å². The Morgan fingerprint density at radius 1 is 1.47 bits per heavy atom. The Kier molecular flexibility index (Phi) is 4.95. The molecule has 0 saturated heterocycles. The van der Waals surface area contributed by atoms with E-state index in [0.717, 1.165) is 6.42 Å². The van der Waals surface area contributed by atoms with Crippen molar-refractivity contribution in [1.82, 2.24) is 5.43 Å². The van der Waals surface area contributed by atoms with E-state index in [-0.39, 0.29) is 16.5 Å². The summed E-state index contributed by atoms with van der Waals surface area (Å²) in [5.74, 6) is 5.07. The fraction of sp³-hybridized carbons (Fsp3) is 0.500. The van der Waals surface area contributed by atoms with E-state index in [9.17, 15) is 4.39 Å². The van der Waals surface area contributed by atoms with Gasteiger partial charge >= 0.3 is 0 Å². The van der Waals surface area contributed by atoms with Gasteiger partial charge in [-0.1, -0.05) is 38.4 Å². The van der Waals surface area contributed by atoms with Crippen molar-refractivity contribution >= 4 is 27.5 Å². The molecule has 1 unspecified atom stereocenters. The average Bonchev–Trinajstić information content (AvgIpc) is 2.22. The second-order valence-corrected chi connectivity index (χ2v) is 6.48. The molecule has 0 saturated carbocycles. The Morgan fingerprint density at radius 3 is 2.53 bits per heavy atom. The predicted molar refractivity (Wildman–Crippen MR) is 73.2 cm³/mol. The van der Waals surface area contributed by atoms with Gasteiger partial charge in [-0.05, 0) is 33.8 Å². The van der Waals surface area contributed by atoms with Gasteiger partial charge in [-0.25, -0.2) is 4.39 Å². The van der Waals surface area contributed by atoms with Crippen LogP contribution in [0.4, 0.5) is 4.39 Å². The third-order valence-electron chi connectivity index (χ3n) is 2.46. The number of benzene rings is 1. The molecule has 0 aliphatic carbocycles. The molecule has 0 aliphatic rings. The molecule has 2 nitrogen and oxygen atoms in total. The Morgan fingerprint density at radius 2 is 2.06 bits per heavy atom. The molecule has 1 aromatic carbocycles. The average molecular weight is 324 g/mol. The summed E-state index contributed by atoms with van der Waals surface area (Å²) in [6, 6.07) is 3.18. The number of nitrogens with two attached hydrogens (primary N) is 1. The Hall–Kier alpha value is -0.160. The van der Waals surface area contributed by atoms with E-state index >= 15 is 0 Å². The first kappa shape index (κ1) is 14.9. The number of hydrogen-bond donors (Lipinski definition) is 2. The van der Waals surface area contributed by atoms with Gasteiger partial charge in [0.1, 0.15) is 5.82 Å². The summed E-state index contributed by atoms with van der Waals surface area (Å²) in [5.41, 5.74) is 3.19. The lowest BCUT2D eigenvalue weighted by atomic mass is 9.85. The number of hydrogen-bond acceptors (Lipinski definition) is 2. The minimum atomic E-state index is -0.423. The second kappa shape index (κ2) is 5.65. The third kappa shape index (κ3) is 3.91. The molecule has 0 aliphatic heterocycles. The number of hydrazine groups is 1. The highest BCUT2D eigenvalue weighted by Crippen LogP contribution is 2.34. The fourth-order valence-corrected chi connectivity index (χ4v) is 2.16. The van der Waals surface area contributed by atoms with Crippen molar-refractivity contribution in [2.24, 2.45) is 11.3 Å². The zero-order chi connectivity index (χ0) is 13.2. The lowest BCUT2D eigenvalue weighted by Gasteiger charge is -2.26. The van der Waals surface area contributed by atoms with Crippen LogP contribution in [-0.4, -0.2) is 0 Å². The third-order valence-corrected chi connectivity index (χ3v) is 3.72. The van der Waals surface area contributed by atoms with Crippen LogP contribution >= 0.6 is 27.5 Å². The van der Waals surface area contributed by atoms with Crippen molar-refractivity contribution < 1.29 is 4.39 Å². The predicted octanol–water partition coefficient (Wildman–Crippen LogP) is 4.18. The molecule has 3 N–H and O–H groups in total. The van der Waals surface area contributed by atoms with E-state index in [1.54, 1.807) is 12.1 Å². The molecule has 0 radical (unpaired) electrons. The quantitative estimate of drug-likeness (QED) is 0.497. The first-order chi connectivity index (χ1) is 7.76. The maximum atomic E-state index is 14.0. The van der Waals surface area contributed by atoms with Crippen LogP contribution in [-0.2, 0) is 0 Å². The highest BCUT2D eigenvalue weighted by atomic mass is 79.9. The van der Waals surface area contributed by atoms with Gasteiger partial charge in [-0.3, -0.25) is 11.3 Å². The molecule has 0 spiro atoms. The van der Waals surface area contributed by atoms with Crippen LogP contribution < -0.4 is 11.3 Å². The molecule has 5 heteroatoms. The normalized spacial score (nSPS) is 13.8. The molecule has 1 atom stereocenters. The summed E-state index contributed by atoms with van der Waals surface area (Å²) in [6.07, 6.45) is 0.721. The van der Waals surface area contributed by atoms with Crippen molar-refractivity contribution in [3.63, 3.8) is 0 Å². The minimum Gasteiger partial charge on any atom is -0.271 e. The standard InChI is InChI=1S/C12H17BrClFN2/c1-12(2,3)6-9(17-16)7-4-5-8(13)10(14)11(7)15/h4-5,9,17H,6,16H2,1-3H3. The van der Waals surface area contributed by atoms with Crippen LogP contribution in [0.5, 0.6) is 0 Å². The van der Waals surface area contributed by atoms with Crippen molar-refractivity contribution in [3.05, 3.63) is 33.0 Å². The summed E-state index contributed by atoms with van der Waals surface area (Å²) in [4.78, 5) is 0. The highest BCUT2D eigenvalue weighted by Gasteiger charge is 2.23. The van der Waals surface area contributed by atoms with E-state index in [1.165, 1.54) is 0 Å². The summed E-state index contributed by atoms with van der Waals surface area (Å²) in [6.45, 7) is 6.24. The molecular weight excluding hydrogens is 307 g/mol. The molecule has 0 aromatic heterocycles. The molecule has 0 bridgehead atoms. The Labute approximate surface area is 115 Å². The Bertz CT molecular complexity index is 404. The fourth-order valence-electron chi connectivity index (χ4n) is 1.68. The topological polar surface area (TPSA) is 38.0 Å². The lowest BCUT2D eigenvalue weighted by molar-refractivity contribution is 0.309.